The minimum absolute atomic E-state index is 0.196. The van der Waals surface area contributed by atoms with Crippen LogP contribution in [-0.2, 0) is 9.59 Å². The van der Waals surface area contributed by atoms with Crippen molar-refractivity contribution < 1.29 is 14.7 Å². The zero-order valence-corrected chi connectivity index (χ0v) is 9.90. The fourth-order valence-corrected chi connectivity index (χ4v) is 1.53. The van der Waals surface area contributed by atoms with Gasteiger partial charge in [-0.2, -0.15) is 0 Å². The molecule has 5 nitrogen and oxygen atoms in total. The average molecular weight is 228 g/mol. The van der Waals surface area contributed by atoms with Crippen LogP contribution in [-0.4, -0.2) is 40.5 Å². The van der Waals surface area contributed by atoms with E-state index >= 15 is 0 Å². The first-order valence-corrected chi connectivity index (χ1v) is 5.26. The van der Waals surface area contributed by atoms with E-state index in [0.29, 0.717) is 6.42 Å². The third-order valence-corrected chi connectivity index (χ3v) is 2.22. The van der Waals surface area contributed by atoms with Crippen LogP contribution in [0.5, 0.6) is 0 Å². The maximum Gasteiger partial charge on any atom is 0.323 e. The number of carbonyl (C=O) groups excluding carboxylic acids is 1. The van der Waals surface area contributed by atoms with Gasteiger partial charge in [-0.15, -0.1) is 6.58 Å². The summed E-state index contributed by atoms with van der Waals surface area (Å²) in [5.41, 5.74) is 4.85. The zero-order valence-electron chi connectivity index (χ0n) is 9.90. The molecule has 0 aliphatic carbocycles. The van der Waals surface area contributed by atoms with Crippen molar-refractivity contribution in [1.29, 1.82) is 0 Å². The largest absolute Gasteiger partial charge is 0.480 e. The van der Waals surface area contributed by atoms with Gasteiger partial charge in [0.25, 0.3) is 0 Å². The molecule has 0 saturated carbocycles. The molecular formula is C11H20N2O3. The van der Waals surface area contributed by atoms with E-state index in [1.54, 1.807) is 6.92 Å². The zero-order chi connectivity index (χ0) is 12.8. The molecule has 0 heterocycles. The van der Waals surface area contributed by atoms with Crippen LogP contribution in [0.2, 0.25) is 0 Å². The van der Waals surface area contributed by atoms with Gasteiger partial charge >= 0.3 is 5.97 Å². The van der Waals surface area contributed by atoms with Gasteiger partial charge < -0.3 is 15.7 Å². The summed E-state index contributed by atoms with van der Waals surface area (Å²) in [6, 6.07) is 0. The van der Waals surface area contributed by atoms with Crippen molar-refractivity contribution in [3.8, 4) is 0 Å². The van der Waals surface area contributed by atoms with Crippen molar-refractivity contribution in [1.82, 2.24) is 4.90 Å². The van der Waals surface area contributed by atoms with Crippen LogP contribution in [0.4, 0.5) is 0 Å². The molecule has 1 atom stereocenters. The maximum absolute atomic E-state index is 12.0. The Morgan fingerprint density at radius 1 is 1.56 bits per heavy atom. The molecule has 5 heteroatoms. The highest BCUT2D eigenvalue weighted by molar-refractivity contribution is 5.88. The predicted octanol–water partition coefficient (Wildman–Crippen LogP) is 0.603. The Morgan fingerprint density at radius 2 is 2.12 bits per heavy atom. The number of rotatable bonds is 7. The van der Waals surface area contributed by atoms with Gasteiger partial charge in [0, 0.05) is 6.54 Å². The van der Waals surface area contributed by atoms with Crippen molar-refractivity contribution in [2.24, 2.45) is 5.73 Å². The topological polar surface area (TPSA) is 83.6 Å². The monoisotopic (exact) mass is 228 g/mol. The summed E-state index contributed by atoms with van der Waals surface area (Å²) in [7, 11) is 0. The van der Waals surface area contributed by atoms with Gasteiger partial charge in [-0.25, -0.2) is 0 Å². The number of carbonyl (C=O) groups is 2. The molecule has 3 N–H and O–H groups in total. The molecule has 0 aromatic heterocycles. The lowest BCUT2D eigenvalue weighted by atomic mass is 9.95. The van der Waals surface area contributed by atoms with Crippen molar-refractivity contribution in [3.05, 3.63) is 12.7 Å². The number of nitrogens with two attached hydrogens (primary N) is 1. The first-order valence-electron chi connectivity index (χ1n) is 5.26. The highest BCUT2D eigenvalue weighted by atomic mass is 16.4. The predicted molar refractivity (Wildman–Crippen MR) is 61.9 cm³/mol. The normalized spacial score (nSPS) is 13.9. The van der Waals surface area contributed by atoms with Crippen molar-refractivity contribution in [2.45, 2.75) is 32.2 Å². The quantitative estimate of drug-likeness (QED) is 0.625. The Bertz CT molecular complexity index is 274. The fourth-order valence-electron chi connectivity index (χ4n) is 1.53. The number of hydrogen-bond donors (Lipinski definition) is 2. The van der Waals surface area contributed by atoms with E-state index in [9.17, 15) is 9.59 Å². The van der Waals surface area contributed by atoms with Crippen LogP contribution in [0.25, 0.3) is 0 Å². The molecule has 0 radical (unpaired) electrons. The van der Waals surface area contributed by atoms with Gasteiger partial charge in [0.2, 0.25) is 5.91 Å². The molecule has 0 aromatic carbocycles. The maximum atomic E-state index is 12.0. The second kappa shape index (κ2) is 6.27. The first kappa shape index (κ1) is 14.6. The summed E-state index contributed by atoms with van der Waals surface area (Å²) in [6.45, 7) is 6.89. The van der Waals surface area contributed by atoms with Gasteiger partial charge in [-0.1, -0.05) is 19.4 Å². The van der Waals surface area contributed by atoms with Crippen LogP contribution >= 0.6 is 0 Å². The van der Waals surface area contributed by atoms with E-state index in [4.69, 9.17) is 10.8 Å². The highest BCUT2D eigenvalue weighted by Gasteiger charge is 2.32. The number of aliphatic carboxylic acids is 1. The van der Waals surface area contributed by atoms with Crippen molar-refractivity contribution in [3.63, 3.8) is 0 Å². The van der Waals surface area contributed by atoms with Crippen LogP contribution in [0.1, 0.15) is 26.7 Å². The first-order chi connectivity index (χ1) is 7.35. The van der Waals surface area contributed by atoms with Crippen LogP contribution in [0.15, 0.2) is 12.7 Å². The lowest BCUT2D eigenvalue weighted by Crippen LogP contribution is -2.54. The van der Waals surface area contributed by atoms with E-state index in [2.05, 4.69) is 6.58 Å². The van der Waals surface area contributed by atoms with E-state index in [-0.39, 0.29) is 19.0 Å². The Morgan fingerprint density at radius 3 is 2.50 bits per heavy atom. The second-order valence-corrected chi connectivity index (χ2v) is 4.04. The summed E-state index contributed by atoms with van der Waals surface area (Å²) in [6.07, 6.45) is 2.79. The lowest BCUT2D eigenvalue weighted by Gasteiger charge is -2.29. The van der Waals surface area contributed by atoms with E-state index < -0.39 is 11.5 Å². The molecular weight excluding hydrogens is 208 g/mol. The average Bonchev–Trinajstić information content (AvgIpc) is 2.15. The molecule has 16 heavy (non-hydrogen) atoms. The second-order valence-electron chi connectivity index (χ2n) is 4.04. The molecule has 0 aromatic rings. The van der Waals surface area contributed by atoms with Crippen LogP contribution in [0.3, 0.4) is 0 Å². The standard InChI is InChI=1S/C11H20N2O3/c1-4-6-11(3,12)10(16)13(7-5-2)8-9(14)15/h5H,2,4,6-8,12H2,1,3H3,(H,14,15). The lowest BCUT2D eigenvalue weighted by molar-refractivity contribution is -0.146. The molecule has 0 aliphatic heterocycles. The van der Waals surface area contributed by atoms with Gasteiger partial charge in [0.1, 0.15) is 6.54 Å². The van der Waals surface area contributed by atoms with Gasteiger partial charge in [-0.05, 0) is 13.3 Å². The molecule has 1 unspecified atom stereocenters. The Hall–Kier alpha value is -1.36. The third kappa shape index (κ3) is 4.44. The van der Waals surface area contributed by atoms with Gasteiger partial charge in [-0.3, -0.25) is 9.59 Å². The minimum Gasteiger partial charge on any atom is -0.480 e. The number of hydrogen-bond acceptors (Lipinski definition) is 3. The van der Waals surface area contributed by atoms with E-state index in [1.165, 1.54) is 11.0 Å². The molecule has 0 spiro atoms. The smallest absolute Gasteiger partial charge is 0.323 e. The summed E-state index contributed by atoms with van der Waals surface area (Å²) < 4.78 is 0. The number of carboxylic acids is 1. The molecule has 0 fully saturated rings. The molecule has 92 valence electrons. The third-order valence-electron chi connectivity index (χ3n) is 2.22. The molecule has 0 bridgehead atoms. The Kier molecular flexibility index (Phi) is 5.74. The summed E-state index contributed by atoms with van der Waals surface area (Å²) in [5.74, 6) is -1.40. The summed E-state index contributed by atoms with van der Waals surface area (Å²) in [4.78, 5) is 23.8. The SMILES string of the molecule is C=CCN(CC(=O)O)C(=O)C(C)(N)CCC. The number of carboxylic acid groups (broad SMARTS) is 1. The van der Waals surface area contributed by atoms with E-state index in [0.717, 1.165) is 6.42 Å². The minimum atomic E-state index is -1.05. The Labute approximate surface area is 95.9 Å². The fraction of sp³-hybridized carbons (Fsp3) is 0.636. The van der Waals surface area contributed by atoms with Crippen molar-refractivity contribution >= 4 is 11.9 Å². The summed E-state index contributed by atoms with van der Waals surface area (Å²) >= 11 is 0. The molecule has 0 aliphatic rings. The molecule has 0 saturated heterocycles. The van der Waals surface area contributed by atoms with Crippen molar-refractivity contribution in [2.75, 3.05) is 13.1 Å². The number of nitrogens with zero attached hydrogens (tertiary/aromatic N) is 1. The van der Waals surface area contributed by atoms with Crippen LogP contribution < -0.4 is 5.73 Å². The van der Waals surface area contributed by atoms with Gasteiger partial charge in [0.05, 0.1) is 5.54 Å². The highest BCUT2D eigenvalue weighted by Crippen LogP contribution is 2.12. The summed E-state index contributed by atoms with van der Waals surface area (Å²) in [5, 5.41) is 8.69. The Balaban J connectivity index is 4.71. The molecule has 1 amide bonds. The van der Waals surface area contributed by atoms with E-state index in [1.807, 2.05) is 6.92 Å². The van der Waals surface area contributed by atoms with Gasteiger partial charge in [0.15, 0.2) is 0 Å². The van der Waals surface area contributed by atoms with Crippen LogP contribution in [0, 0.1) is 0 Å². The molecule has 0 rings (SSSR count). The number of amides is 1.